The standard InChI is InChI=1S/C18H17NO5/c20-17-15(23-11-13-7-3-1-4-8-13)16(18(21)19(17)22)24-12-14-9-5-2-6-10-14/h1-10,15-16,22H,11-12H2/t15-,16-/m1/s1. The van der Waals surface area contributed by atoms with Crippen LogP contribution in [0, 0.1) is 0 Å². The number of amides is 2. The molecule has 2 atom stereocenters. The minimum atomic E-state index is -1.16. The van der Waals surface area contributed by atoms with E-state index in [1.54, 1.807) is 0 Å². The van der Waals surface area contributed by atoms with E-state index in [0.29, 0.717) is 0 Å². The molecule has 3 rings (SSSR count). The van der Waals surface area contributed by atoms with Crippen LogP contribution >= 0.6 is 0 Å². The molecule has 0 spiro atoms. The molecular formula is C18H17NO5. The Bertz CT molecular complexity index is 642. The molecule has 0 aromatic heterocycles. The topological polar surface area (TPSA) is 76.1 Å². The van der Waals surface area contributed by atoms with Crippen LogP contribution in [0.5, 0.6) is 0 Å². The fraction of sp³-hybridized carbons (Fsp3) is 0.222. The molecule has 6 heteroatoms. The molecule has 0 aliphatic carbocycles. The van der Waals surface area contributed by atoms with Gasteiger partial charge in [0.1, 0.15) is 0 Å². The van der Waals surface area contributed by atoms with Crippen LogP contribution in [-0.2, 0) is 32.3 Å². The molecule has 2 aromatic carbocycles. The summed E-state index contributed by atoms with van der Waals surface area (Å²) in [6.45, 7) is 0.285. The summed E-state index contributed by atoms with van der Waals surface area (Å²) in [6.07, 6.45) is -2.32. The third kappa shape index (κ3) is 3.51. The molecule has 0 radical (unpaired) electrons. The second-order valence-corrected chi connectivity index (χ2v) is 5.42. The molecule has 1 N–H and O–H groups in total. The van der Waals surface area contributed by atoms with Crippen molar-refractivity contribution in [1.82, 2.24) is 5.06 Å². The summed E-state index contributed by atoms with van der Waals surface area (Å²) in [6, 6.07) is 18.5. The number of benzene rings is 2. The average molecular weight is 327 g/mol. The fourth-order valence-corrected chi connectivity index (χ4v) is 2.45. The van der Waals surface area contributed by atoms with Crippen molar-refractivity contribution in [3.8, 4) is 0 Å². The zero-order valence-corrected chi connectivity index (χ0v) is 12.9. The first-order valence-corrected chi connectivity index (χ1v) is 7.54. The Morgan fingerprint density at radius 2 is 1.12 bits per heavy atom. The van der Waals surface area contributed by atoms with E-state index in [1.807, 2.05) is 60.7 Å². The summed E-state index contributed by atoms with van der Waals surface area (Å²) in [4.78, 5) is 24.0. The number of nitrogens with zero attached hydrogens (tertiary/aromatic N) is 1. The minimum Gasteiger partial charge on any atom is -0.360 e. The van der Waals surface area contributed by atoms with Crippen LogP contribution in [-0.4, -0.2) is 34.3 Å². The van der Waals surface area contributed by atoms with Gasteiger partial charge >= 0.3 is 0 Å². The van der Waals surface area contributed by atoms with Crippen molar-refractivity contribution in [2.45, 2.75) is 25.4 Å². The summed E-state index contributed by atoms with van der Waals surface area (Å²) < 4.78 is 11.1. The SMILES string of the molecule is O=C1[C@H](OCc2ccccc2)[C@@H](OCc2ccccc2)C(=O)N1O. The van der Waals surface area contributed by atoms with Crippen LogP contribution in [0.1, 0.15) is 11.1 Å². The molecule has 2 amide bonds. The van der Waals surface area contributed by atoms with E-state index in [2.05, 4.69) is 0 Å². The first-order chi connectivity index (χ1) is 11.7. The number of ether oxygens (including phenoxy) is 2. The van der Waals surface area contributed by atoms with Crippen molar-refractivity contribution in [1.29, 1.82) is 0 Å². The predicted octanol–water partition coefficient (Wildman–Crippen LogP) is 1.92. The van der Waals surface area contributed by atoms with Gasteiger partial charge in [-0.3, -0.25) is 14.8 Å². The second kappa shape index (κ2) is 7.35. The van der Waals surface area contributed by atoms with Crippen molar-refractivity contribution < 1.29 is 24.3 Å². The lowest BCUT2D eigenvalue weighted by atomic mass is 10.2. The molecule has 1 saturated heterocycles. The molecule has 1 heterocycles. The molecular weight excluding hydrogens is 310 g/mol. The monoisotopic (exact) mass is 327 g/mol. The number of imide groups is 1. The van der Waals surface area contributed by atoms with Gasteiger partial charge in [-0.05, 0) is 11.1 Å². The molecule has 2 aromatic rings. The number of rotatable bonds is 6. The normalized spacial score (nSPS) is 20.6. The van der Waals surface area contributed by atoms with Crippen LogP contribution in [0.3, 0.4) is 0 Å². The summed E-state index contributed by atoms with van der Waals surface area (Å²) in [5, 5.41) is 9.65. The van der Waals surface area contributed by atoms with Gasteiger partial charge in [-0.15, -0.1) is 0 Å². The van der Waals surface area contributed by atoms with Crippen LogP contribution in [0.4, 0.5) is 0 Å². The maximum Gasteiger partial charge on any atom is 0.285 e. The van der Waals surface area contributed by atoms with Gasteiger partial charge in [0.05, 0.1) is 13.2 Å². The van der Waals surface area contributed by atoms with Gasteiger partial charge in [0.15, 0.2) is 12.2 Å². The molecule has 1 aliphatic heterocycles. The number of hydroxylamine groups is 2. The Kier molecular flexibility index (Phi) is 5.00. The molecule has 6 nitrogen and oxygen atoms in total. The van der Waals surface area contributed by atoms with Gasteiger partial charge in [0, 0.05) is 0 Å². The molecule has 1 aliphatic rings. The van der Waals surface area contributed by atoms with Gasteiger partial charge in [-0.2, -0.15) is 5.06 Å². The van der Waals surface area contributed by atoms with Gasteiger partial charge in [0.25, 0.3) is 11.8 Å². The van der Waals surface area contributed by atoms with Crippen molar-refractivity contribution in [3.63, 3.8) is 0 Å². The van der Waals surface area contributed by atoms with Gasteiger partial charge in [-0.1, -0.05) is 60.7 Å². The lowest BCUT2D eigenvalue weighted by molar-refractivity contribution is -0.175. The van der Waals surface area contributed by atoms with E-state index >= 15 is 0 Å². The third-order valence-corrected chi connectivity index (χ3v) is 3.72. The Morgan fingerprint density at radius 1 is 0.750 bits per heavy atom. The van der Waals surface area contributed by atoms with E-state index < -0.39 is 24.0 Å². The first kappa shape index (κ1) is 16.3. The summed E-state index contributed by atoms with van der Waals surface area (Å²) in [5.74, 6) is -1.62. The van der Waals surface area contributed by atoms with Gasteiger partial charge < -0.3 is 9.47 Å². The highest BCUT2D eigenvalue weighted by atomic mass is 16.6. The fourth-order valence-electron chi connectivity index (χ4n) is 2.45. The molecule has 0 saturated carbocycles. The Morgan fingerprint density at radius 3 is 1.50 bits per heavy atom. The van der Waals surface area contributed by atoms with Crippen LogP contribution in [0.25, 0.3) is 0 Å². The largest absolute Gasteiger partial charge is 0.360 e. The first-order valence-electron chi connectivity index (χ1n) is 7.54. The highest BCUT2D eigenvalue weighted by Gasteiger charge is 2.49. The summed E-state index contributed by atoms with van der Waals surface area (Å²) in [5.41, 5.74) is 1.71. The number of hydrogen-bond acceptors (Lipinski definition) is 5. The summed E-state index contributed by atoms with van der Waals surface area (Å²) in [7, 11) is 0. The minimum absolute atomic E-state index is 0.0747. The van der Waals surface area contributed by atoms with E-state index in [1.165, 1.54) is 0 Å². The predicted molar refractivity (Wildman–Crippen MR) is 83.7 cm³/mol. The smallest absolute Gasteiger partial charge is 0.285 e. The van der Waals surface area contributed by atoms with Gasteiger partial charge in [-0.25, -0.2) is 0 Å². The maximum absolute atomic E-state index is 12.0. The van der Waals surface area contributed by atoms with Gasteiger partial charge in [0.2, 0.25) is 0 Å². The summed E-state index contributed by atoms with van der Waals surface area (Å²) >= 11 is 0. The van der Waals surface area contributed by atoms with Crippen molar-refractivity contribution >= 4 is 11.8 Å². The lowest BCUT2D eigenvalue weighted by Gasteiger charge is -2.16. The molecule has 0 bridgehead atoms. The highest BCUT2D eigenvalue weighted by Crippen LogP contribution is 2.21. The quantitative estimate of drug-likeness (QED) is 0.648. The Balaban J connectivity index is 1.67. The Hall–Kier alpha value is -2.54. The zero-order valence-electron chi connectivity index (χ0n) is 12.9. The molecule has 124 valence electrons. The molecule has 24 heavy (non-hydrogen) atoms. The van der Waals surface area contributed by atoms with E-state index in [-0.39, 0.29) is 18.3 Å². The van der Waals surface area contributed by atoms with E-state index in [4.69, 9.17) is 9.47 Å². The van der Waals surface area contributed by atoms with Crippen molar-refractivity contribution in [2.24, 2.45) is 0 Å². The number of carbonyl (C=O) groups excluding carboxylic acids is 2. The van der Waals surface area contributed by atoms with Crippen LogP contribution in [0.15, 0.2) is 60.7 Å². The zero-order chi connectivity index (χ0) is 16.9. The average Bonchev–Trinajstić information content (AvgIpc) is 2.83. The third-order valence-electron chi connectivity index (χ3n) is 3.72. The molecule has 1 fully saturated rings. The highest BCUT2D eigenvalue weighted by molar-refractivity contribution is 6.06. The lowest BCUT2D eigenvalue weighted by Crippen LogP contribution is -2.34. The van der Waals surface area contributed by atoms with Crippen molar-refractivity contribution in [2.75, 3.05) is 0 Å². The van der Waals surface area contributed by atoms with Crippen LogP contribution in [0.2, 0.25) is 0 Å². The van der Waals surface area contributed by atoms with Crippen LogP contribution < -0.4 is 0 Å². The van der Waals surface area contributed by atoms with E-state index in [9.17, 15) is 14.8 Å². The van der Waals surface area contributed by atoms with Crippen molar-refractivity contribution in [3.05, 3.63) is 71.8 Å². The maximum atomic E-state index is 12.0. The van der Waals surface area contributed by atoms with E-state index in [0.717, 1.165) is 11.1 Å². The second-order valence-electron chi connectivity index (χ2n) is 5.42. The molecule has 0 unspecified atom stereocenters. The number of carbonyl (C=O) groups is 2. The Labute approximate surface area is 139 Å². The number of hydrogen-bond donors (Lipinski definition) is 1.